The van der Waals surface area contributed by atoms with Gasteiger partial charge in [0.2, 0.25) is 0 Å². The van der Waals surface area contributed by atoms with E-state index in [1.807, 2.05) is 5.32 Å². The van der Waals surface area contributed by atoms with Crippen molar-refractivity contribution in [1.82, 2.24) is 0 Å². The summed E-state index contributed by atoms with van der Waals surface area (Å²) in [6.07, 6.45) is 3.95. The Balaban J connectivity index is 2.18. The molecule has 1 heterocycles. The Kier molecular flexibility index (Phi) is 6.80. The topological polar surface area (TPSA) is 72.0 Å². The SMILES string of the molecule is CCOC(=O)c1c(NC(=O)C[NH2+][C@H](C)CC)sc2c1CC[C@H](C)C2. The summed E-state index contributed by atoms with van der Waals surface area (Å²) < 4.78 is 5.23. The molecule has 0 unspecified atom stereocenters. The number of nitrogens with one attached hydrogen (secondary N) is 1. The van der Waals surface area contributed by atoms with Gasteiger partial charge in [-0.15, -0.1) is 11.3 Å². The third-order valence-electron chi connectivity index (χ3n) is 4.59. The van der Waals surface area contributed by atoms with Crippen LogP contribution in [-0.2, 0) is 22.4 Å². The lowest BCUT2D eigenvalue weighted by molar-refractivity contribution is -0.675. The second-order valence-electron chi connectivity index (χ2n) is 6.65. The molecule has 1 aromatic rings. The van der Waals surface area contributed by atoms with Gasteiger partial charge in [0.15, 0.2) is 6.54 Å². The average molecular weight is 354 g/mol. The van der Waals surface area contributed by atoms with E-state index in [0.717, 1.165) is 31.2 Å². The molecule has 1 amide bonds. The predicted octanol–water partition coefficient (Wildman–Crippen LogP) is 2.35. The number of anilines is 1. The Morgan fingerprint density at radius 1 is 1.42 bits per heavy atom. The number of ether oxygens (including phenoxy) is 1. The molecule has 134 valence electrons. The van der Waals surface area contributed by atoms with E-state index in [9.17, 15) is 9.59 Å². The number of quaternary nitrogens is 1. The number of amides is 1. The third-order valence-corrected chi connectivity index (χ3v) is 5.76. The quantitative estimate of drug-likeness (QED) is 0.739. The summed E-state index contributed by atoms with van der Waals surface area (Å²) in [7, 11) is 0. The zero-order chi connectivity index (χ0) is 17.7. The second kappa shape index (κ2) is 8.62. The Morgan fingerprint density at radius 2 is 2.17 bits per heavy atom. The van der Waals surface area contributed by atoms with Gasteiger partial charge in [0.25, 0.3) is 5.91 Å². The van der Waals surface area contributed by atoms with Gasteiger partial charge in [0, 0.05) is 4.88 Å². The standard InChI is InChI=1S/C18H28N2O3S/c1-5-12(4)19-10-15(21)20-17-16(18(22)23-6-2)13-8-7-11(3)9-14(13)24-17/h11-12,19H,5-10H2,1-4H3,(H,20,21)/p+1/t11-,12+/m0/s1. The molecular formula is C18H29N2O3S+. The highest BCUT2D eigenvalue weighted by atomic mass is 32.1. The molecule has 6 heteroatoms. The van der Waals surface area contributed by atoms with Gasteiger partial charge < -0.3 is 15.4 Å². The fourth-order valence-electron chi connectivity index (χ4n) is 2.91. The molecule has 1 aromatic heterocycles. The highest BCUT2D eigenvalue weighted by Crippen LogP contribution is 2.40. The van der Waals surface area contributed by atoms with E-state index in [4.69, 9.17) is 4.74 Å². The van der Waals surface area contributed by atoms with E-state index >= 15 is 0 Å². The lowest BCUT2D eigenvalue weighted by Crippen LogP contribution is -2.90. The van der Waals surface area contributed by atoms with Crippen LogP contribution in [0.5, 0.6) is 0 Å². The smallest absolute Gasteiger partial charge is 0.341 e. The molecule has 3 N–H and O–H groups in total. The van der Waals surface area contributed by atoms with Crippen molar-refractivity contribution < 1.29 is 19.6 Å². The molecule has 0 saturated heterocycles. The molecule has 2 atom stereocenters. The lowest BCUT2D eigenvalue weighted by Gasteiger charge is -2.18. The first kappa shape index (κ1) is 18.9. The number of nitrogens with two attached hydrogens (primary N) is 1. The van der Waals surface area contributed by atoms with Crippen LogP contribution in [-0.4, -0.2) is 31.1 Å². The van der Waals surface area contributed by atoms with Crippen LogP contribution in [0.15, 0.2) is 0 Å². The maximum atomic E-state index is 12.4. The van der Waals surface area contributed by atoms with Gasteiger partial charge in [-0.1, -0.05) is 13.8 Å². The molecular weight excluding hydrogens is 324 g/mol. The summed E-state index contributed by atoms with van der Waals surface area (Å²) in [6.45, 7) is 8.95. The number of carbonyl (C=O) groups excluding carboxylic acids is 2. The van der Waals surface area contributed by atoms with Crippen molar-refractivity contribution in [1.29, 1.82) is 0 Å². The number of thiophene rings is 1. The number of esters is 1. The highest BCUT2D eigenvalue weighted by Gasteiger charge is 2.29. The summed E-state index contributed by atoms with van der Waals surface area (Å²) in [5.74, 6) is 0.242. The van der Waals surface area contributed by atoms with Crippen LogP contribution in [0, 0.1) is 5.92 Å². The van der Waals surface area contributed by atoms with Crippen molar-refractivity contribution >= 4 is 28.2 Å². The van der Waals surface area contributed by atoms with E-state index in [1.165, 1.54) is 4.88 Å². The first-order valence-electron chi connectivity index (χ1n) is 8.91. The molecule has 0 fully saturated rings. The molecule has 0 spiro atoms. The number of hydrogen-bond donors (Lipinski definition) is 2. The van der Waals surface area contributed by atoms with Crippen LogP contribution in [0.3, 0.4) is 0 Å². The molecule has 2 rings (SSSR count). The van der Waals surface area contributed by atoms with E-state index in [2.05, 4.69) is 26.1 Å². The van der Waals surface area contributed by atoms with E-state index in [0.29, 0.717) is 35.7 Å². The molecule has 0 saturated carbocycles. The minimum absolute atomic E-state index is 0.0625. The average Bonchev–Trinajstić information content (AvgIpc) is 2.89. The van der Waals surface area contributed by atoms with E-state index < -0.39 is 0 Å². The fourth-order valence-corrected chi connectivity index (χ4v) is 4.33. The Morgan fingerprint density at radius 3 is 2.83 bits per heavy atom. The van der Waals surface area contributed by atoms with Crippen molar-refractivity contribution in [2.45, 2.75) is 59.4 Å². The molecule has 0 aromatic carbocycles. The molecule has 0 radical (unpaired) electrons. The van der Waals surface area contributed by atoms with Gasteiger partial charge in [0.05, 0.1) is 18.2 Å². The summed E-state index contributed by atoms with van der Waals surface area (Å²) in [4.78, 5) is 25.9. The summed E-state index contributed by atoms with van der Waals surface area (Å²) in [6, 6.07) is 0.415. The van der Waals surface area contributed by atoms with Crippen molar-refractivity contribution in [2.24, 2.45) is 5.92 Å². The van der Waals surface area contributed by atoms with Crippen LogP contribution in [0.25, 0.3) is 0 Å². The zero-order valence-corrected chi connectivity index (χ0v) is 15.9. The van der Waals surface area contributed by atoms with Crippen molar-refractivity contribution in [2.75, 3.05) is 18.5 Å². The number of carbonyl (C=O) groups is 2. The Bertz CT molecular complexity index is 597. The van der Waals surface area contributed by atoms with Gasteiger partial charge in [-0.2, -0.15) is 0 Å². The van der Waals surface area contributed by atoms with Gasteiger partial charge in [0.1, 0.15) is 5.00 Å². The molecule has 5 nitrogen and oxygen atoms in total. The Hall–Kier alpha value is -1.40. The van der Waals surface area contributed by atoms with Crippen LogP contribution < -0.4 is 10.6 Å². The van der Waals surface area contributed by atoms with Crippen LogP contribution >= 0.6 is 11.3 Å². The lowest BCUT2D eigenvalue weighted by atomic mass is 9.88. The van der Waals surface area contributed by atoms with Gasteiger partial charge >= 0.3 is 5.97 Å². The van der Waals surface area contributed by atoms with E-state index in [1.54, 1.807) is 18.3 Å². The fraction of sp³-hybridized carbons (Fsp3) is 0.667. The minimum Gasteiger partial charge on any atom is -0.462 e. The third kappa shape index (κ3) is 4.57. The van der Waals surface area contributed by atoms with Crippen molar-refractivity contribution in [3.63, 3.8) is 0 Å². The summed E-state index contributed by atoms with van der Waals surface area (Å²) in [5.41, 5.74) is 1.67. The number of rotatable bonds is 7. The van der Waals surface area contributed by atoms with Crippen LogP contribution in [0.1, 0.15) is 61.3 Å². The minimum atomic E-state index is -0.314. The molecule has 0 aliphatic heterocycles. The maximum Gasteiger partial charge on any atom is 0.341 e. The van der Waals surface area contributed by atoms with Crippen LogP contribution in [0.2, 0.25) is 0 Å². The van der Waals surface area contributed by atoms with Crippen LogP contribution in [0.4, 0.5) is 5.00 Å². The highest BCUT2D eigenvalue weighted by molar-refractivity contribution is 7.17. The maximum absolute atomic E-state index is 12.4. The molecule has 24 heavy (non-hydrogen) atoms. The van der Waals surface area contributed by atoms with Gasteiger partial charge in [-0.3, -0.25) is 4.79 Å². The molecule has 0 bridgehead atoms. The molecule has 1 aliphatic rings. The van der Waals surface area contributed by atoms with E-state index in [-0.39, 0.29) is 11.9 Å². The summed E-state index contributed by atoms with van der Waals surface area (Å²) >= 11 is 1.54. The zero-order valence-electron chi connectivity index (χ0n) is 15.1. The first-order chi connectivity index (χ1) is 11.5. The second-order valence-corrected chi connectivity index (χ2v) is 7.76. The molecule has 1 aliphatic carbocycles. The largest absolute Gasteiger partial charge is 0.462 e. The predicted molar refractivity (Wildman–Crippen MR) is 96.6 cm³/mol. The number of fused-ring (bicyclic) bond motifs is 1. The van der Waals surface area contributed by atoms with Crippen molar-refractivity contribution in [3.05, 3.63) is 16.0 Å². The monoisotopic (exact) mass is 353 g/mol. The normalized spacial score (nSPS) is 17.9. The van der Waals surface area contributed by atoms with Gasteiger partial charge in [-0.25, -0.2) is 4.79 Å². The first-order valence-corrected chi connectivity index (χ1v) is 9.72. The van der Waals surface area contributed by atoms with Gasteiger partial charge in [-0.05, 0) is 51.0 Å². The Labute approximate surface area is 148 Å². The van der Waals surface area contributed by atoms with Crippen molar-refractivity contribution in [3.8, 4) is 0 Å². The summed E-state index contributed by atoms with van der Waals surface area (Å²) in [5, 5.41) is 5.63. The number of hydrogen-bond acceptors (Lipinski definition) is 4.